The molecule has 0 unspecified atom stereocenters. The van der Waals surface area contributed by atoms with Crippen LogP contribution in [0.15, 0.2) is 18.3 Å². The third-order valence-electron chi connectivity index (χ3n) is 3.13. The average molecular weight is 222 g/mol. The summed E-state index contributed by atoms with van der Waals surface area (Å²) in [5.41, 5.74) is 0.699. The maximum Gasteiger partial charge on any atom is 0.268 e. The van der Waals surface area contributed by atoms with E-state index in [9.17, 15) is 4.79 Å². The zero-order valence-corrected chi connectivity index (χ0v) is 9.52. The molecule has 88 valence electrons. The molecule has 0 aliphatic heterocycles. The van der Waals surface area contributed by atoms with Crippen LogP contribution in [0.1, 0.15) is 42.7 Å². The van der Waals surface area contributed by atoms with Crippen molar-refractivity contribution in [1.82, 2.24) is 9.88 Å². The molecular formula is C12H18N2O2. The standard InChI is InChI=1S/C12H18N2O2/c1-9(8-15)13-12(16)11-6-3-7-14(11)10-4-2-5-10/h3,6-7,9-10,15H,2,4-5,8H2,1H3,(H,13,16)/t9-/m0/s1. The Morgan fingerprint density at radius 1 is 1.69 bits per heavy atom. The van der Waals surface area contributed by atoms with Crippen LogP contribution in [-0.2, 0) is 0 Å². The number of hydrogen-bond donors (Lipinski definition) is 2. The van der Waals surface area contributed by atoms with E-state index in [1.807, 2.05) is 22.9 Å². The van der Waals surface area contributed by atoms with Gasteiger partial charge < -0.3 is 15.0 Å². The van der Waals surface area contributed by atoms with Gasteiger partial charge in [-0.3, -0.25) is 4.79 Å². The molecule has 2 N–H and O–H groups in total. The van der Waals surface area contributed by atoms with E-state index in [2.05, 4.69) is 5.32 Å². The molecule has 1 aromatic heterocycles. The summed E-state index contributed by atoms with van der Waals surface area (Å²) >= 11 is 0. The summed E-state index contributed by atoms with van der Waals surface area (Å²) in [4.78, 5) is 11.9. The van der Waals surface area contributed by atoms with Gasteiger partial charge in [-0.1, -0.05) is 0 Å². The van der Waals surface area contributed by atoms with E-state index in [0.29, 0.717) is 11.7 Å². The van der Waals surface area contributed by atoms with E-state index in [1.54, 1.807) is 6.92 Å². The summed E-state index contributed by atoms with van der Waals surface area (Å²) in [6.07, 6.45) is 5.52. The van der Waals surface area contributed by atoms with Crippen LogP contribution < -0.4 is 5.32 Å². The SMILES string of the molecule is C[C@@H](CO)NC(=O)c1cccn1C1CCC1. The van der Waals surface area contributed by atoms with E-state index >= 15 is 0 Å². The highest BCUT2D eigenvalue weighted by atomic mass is 16.3. The molecule has 0 saturated heterocycles. The lowest BCUT2D eigenvalue weighted by atomic mass is 9.93. The molecule has 16 heavy (non-hydrogen) atoms. The maximum absolute atomic E-state index is 11.9. The van der Waals surface area contributed by atoms with E-state index in [4.69, 9.17) is 5.11 Å². The Hall–Kier alpha value is -1.29. The number of nitrogens with one attached hydrogen (secondary N) is 1. The van der Waals surface area contributed by atoms with Gasteiger partial charge in [-0.05, 0) is 38.3 Å². The van der Waals surface area contributed by atoms with Gasteiger partial charge in [0.2, 0.25) is 0 Å². The summed E-state index contributed by atoms with van der Waals surface area (Å²) in [5.74, 6) is -0.0987. The fourth-order valence-corrected chi connectivity index (χ4v) is 1.91. The van der Waals surface area contributed by atoms with Crippen LogP contribution in [0, 0.1) is 0 Å². The molecule has 1 saturated carbocycles. The molecular weight excluding hydrogens is 204 g/mol. The number of carbonyl (C=O) groups is 1. The van der Waals surface area contributed by atoms with Gasteiger partial charge in [0.1, 0.15) is 5.69 Å². The molecule has 1 aromatic rings. The minimum atomic E-state index is -0.197. The Morgan fingerprint density at radius 2 is 2.44 bits per heavy atom. The molecule has 1 amide bonds. The first-order chi connectivity index (χ1) is 7.72. The molecule has 0 bridgehead atoms. The smallest absolute Gasteiger partial charge is 0.268 e. The summed E-state index contributed by atoms with van der Waals surface area (Å²) < 4.78 is 2.04. The summed E-state index contributed by atoms with van der Waals surface area (Å²) in [6, 6.07) is 4.02. The Balaban J connectivity index is 2.07. The van der Waals surface area contributed by atoms with Crippen LogP contribution in [0.25, 0.3) is 0 Å². The lowest BCUT2D eigenvalue weighted by Gasteiger charge is -2.29. The van der Waals surface area contributed by atoms with Gasteiger partial charge >= 0.3 is 0 Å². The van der Waals surface area contributed by atoms with E-state index in [0.717, 1.165) is 12.8 Å². The van der Waals surface area contributed by atoms with Crippen molar-refractivity contribution < 1.29 is 9.90 Å². The second-order valence-electron chi connectivity index (χ2n) is 4.44. The van der Waals surface area contributed by atoms with Gasteiger partial charge in [-0.15, -0.1) is 0 Å². The average Bonchev–Trinajstić information content (AvgIpc) is 2.63. The van der Waals surface area contributed by atoms with Gasteiger partial charge in [0.15, 0.2) is 0 Å². The number of nitrogens with zero attached hydrogens (tertiary/aromatic N) is 1. The molecule has 0 radical (unpaired) electrons. The van der Waals surface area contributed by atoms with Crippen molar-refractivity contribution in [2.45, 2.75) is 38.3 Å². The van der Waals surface area contributed by atoms with Crippen LogP contribution in [-0.4, -0.2) is 28.2 Å². The minimum Gasteiger partial charge on any atom is -0.394 e. The van der Waals surface area contributed by atoms with Crippen LogP contribution >= 0.6 is 0 Å². The number of carbonyl (C=O) groups excluding carboxylic acids is 1. The maximum atomic E-state index is 11.9. The molecule has 4 heteroatoms. The Morgan fingerprint density at radius 3 is 3.00 bits per heavy atom. The van der Waals surface area contributed by atoms with E-state index in [-0.39, 0.29) is 18.6 Å². The Kier molecular flexibility index (Phi) is 3.29. The van der Waals surface area contributed by atoms with Crippen molar-refractivity contribution in [3.8, 4) is 0 Å². The molecule has 2 rings (SSSR count). The van der Waals surface area contributed by atoms with Crippen molar-refractivity contribution in [1.29, 1.82) is 0 Å². The van der Waals surface area contributed by atoms with Crippen molar-refractivity contribution in [2.24, 2.45) is 0 Å². The van der Waals surface area contributed by atoms with Crippen LogP contribution in [0.4, 0.5) is 0 Å². The molecule has 1 atom stereocenters. The molecule has 1 fully saturated rings. The lowest BCUT2D eigenvalue weighted by molar-refractivity contribution is 0.0907. The number of hydrogen-bond acceptors (Lipinski definition) is 2. The van der Waals surface area contributed by atoms with Gasteiger partial charge in [0.25, 0.3) is 5.91 Å². The monoisotopic (exact) mass is 222 g/mol. The predicted molar refractivity (Wildman–Crippen MR) is 61.3 cm³/mol. The number of aromatic nitrogens is 1. The van der Waals surface area contributed by atoms with Gasteiger partial charge in [0, 0.05) is 18.3 Å². The van der Waals surface area contributed by atoms with Crippen molar-refractivity contribution in [3.63, 3.8) is 0 Å². The highest BCUT2D eigenvalue weighted by Gasteiger charge is 2.23. The number of aliphatic hydroxyl groups excluding tert-OH is 1. The third kappa shape index (κ3) is 2.11. The molecule has 4 nitrogen and oxygen atoms in total. The summed E-state index contributed by atoms with van der Waals surface area (Å²) in [6.45, 7) is 1.75. The molecule has 0 spiro atoms. The van der Waals surface area contributed by atoms with Gasteiger partial charge in [0.05, 0.1) is 6.61 Å². The molecule has 1 aliphatic rings. The van der Waals surface area contributed by atoms with Crippen LogP contribution in [0.2, 0.25) is 0 Å². The second kappa shape index (κ2) is 4.70. The third-order valence-corrected chi connectivity index (χ3v) is 3.13. The highest BCUT2D eigenvalue weighted by Crippen LogP contribution is 2.32. The predicted octanol–water partition coefficient (Wildman–Crippen LogP) is 1.32. The first kappa shape index (κ1) is 11.2. The highest BCUT2D eigenvalue weighted by molar-refractivity contribution is 5.93. The van der Waals surface area contributed by atoms with Gasteiger partial charge in [-0.2, -0.15) is 0 Å². The van der Waals surface area contributed by atoms with E-state index < -0.39 is 0 Å². The lowest BCUT2D eigenvalue weighted by Crippen LogP contribution is -2.36. The number of amides is 1. The minimum absolute atomic E-state index is 0.0319. The quantitative estimate of drug-likeness (QED) is 0.807. The molecule has 0 aromatic carbocycles. The largest absolute Gasteiger partial charge is 0.394 e. The summed E-state index contributed by atoms with van der Waals surface area (Å²) in [5, 5.41) is 11.7. The van der Waals surface area contributed by atoms with E-state index in [1.165, 1.54) is 6.42 Å². The van der Waals surface area contributed by atoms with Crippen LogP contribution in [0.3, 0.4) is 0 Å². The van der Waals surface area contributed by atoms with Gasteiger partial charge in [-0.25, -0.2) is 0 Å². The Labute approximate surface area is 95.3 Å². The number of rotatable bonds is 4. The molecule has 1 heterocycles. The first-order valence-corrected chi connectivity index (χ1v) is 5.81. The zero-order chi connectivity index (χ0) is 11.5. The summed E-state index contributed by atoms with van der Waals surface area (Å²) in [7, 11) is 0. The fourth-order valence-electron chi connectivity index (χ4n) is 1.91. The van der Waals surface area contributed by atoms with Crippen molar-refractivity contribution >= 4 is 5.91 Å². The Bertz CT molecular complexity index is 369. The fraction of sp³-hybridized carbons (Fsp3) is 0.583. The normalized spacial score (nSPS) is 17.9. The molecule has 1 aliphatic carbocycles. The number of aliphatic hydroxyl groups is 1. The van der Waals surface area contributed by atoms with Crippen LogP contribution in [0.5, 0.6) is 0 Å². The second-order valence-corrected chi connectivity index (χ2v) is 4.44. The van der Waals surface area contributed by atoms with Crippen molar-refractivity contribution in [2.75, 3.05) is 6.61 Å². The topological polar surface area (TPSA) is 54.3 Å². The zero-order valence-electron chi connectivity index (χ0n) is 9.52. The van der Waals surface area contributed by atoms with Crippen molar-refractivity contribution in [3.05, 3.63) is 24.0 Å². The first-order valence-electron chi connectivity index (χ1n) is 5.81.